The monoisotopic (exact) mass is 357 g/mol. The molecule has 0 aromatic carbocycles. The second-order valence-electron chi connectivity index (χ2n) is 7.34. The van der Waals surface area contributed by atoms with E-state index in [0.29, 0.717) is 13.0 Å². The molecule has 0 radical (unpaired) electrons. The molecule has 0 amide bonds. The van der Waals surface area contributed by atoms with E-state index < -0.39 is 18.2 Å². The minimum atomic E-state index is -0.736. The van der Waals surface area contributed by atoms with Gasteiger partial charge in [-0.1, -0.05) is 84.5 Å². The van der Waals surface area contributed by atoms with Gasteiger partial charge in [0.25, 0.3) is 0 Å². The topological polar surface area (TPSA) is 92.6 Å². The number of nitrogens with two attached hydrogens (primary N) is 2. The Hall–Kier alpha value is -0.650. The molecule has 0 aliphatic carbocycles. The lowest BCUT2D eigenvalue weighted by atomic mass is 10.0. The number of aliphatic carboxylic acids is 1. The van der Waals surface area contributed by atoms with Crippen molar-refractivity contribution in [2.24, 2.45) is 11.5 Å². The molecule has 150 valence electrons. The van der Waals surface area contributed by atoms with E-state index in [0.717, 1.165) is 32.2 Å². The summed E-state index contributed by atoms with van der Waals surface area (Å²) < 4.78 is 0. The Morgan fingerprint density at radius 1 is 0.840 bits per heavy atom. The summed E-state index contributed by atoms with van der Waals surface area (Å²) in [6.07, 6.45) is 14.5. The van der Waals surface area contributed by atoms with Crippen molar-refractivity contribution in [3.05, 3.63) is 0 Å². The molecule has 0 aliphatic heterocycles. The average Bonchev–Trinajstić information content (AvgIpc) is 2.55. The van der Waals surface area contributed by atoms with Crippen molar-refractivity contribution >= 4 is 5.97 Å². The van der Waals surface area contributed by atoms with Gasteiger partial charge in [0.1, 0.15) is 6.04 Å². The molecule has 0 heterocycles. The summed E-state index contributed by atoms with van der Waals surface area (Å²) in [5.74, 6) is -0.736. The van der Waals surface area contributed by atoms with Crippen molar-refractivity contribution in [2.75, 3.05) is 13.1 Å². The van der Waals surface area contributed by atoms with Gasteiger partial charge in [-0.3, -0.25) is 9.69 Å². The van der Waals surface area contributed by atoms with Gasteiger partial charge in [-0.15, -0.1) is 0 Å². The van der Waals surface area contributed by atoms with Crippen molar-refractivity contribution in [2.45, 2.75) is 110 Å². The van der Waals surface area contributed by atoms with E-state index >= 15 is 0 Å². The molecule has 1 unspecified atom stereocenters. The number of hydrogen-bond donors (Lipinski definition) is 3. The maximum absolute atomic E-state index is 11.7. The highest BCUT2D eigenvalue weighted by molar-refractivity contribution is 5.73. The van der Waals surface area contributed by atoms with Crippen LogP contribution in [0.1, 0.15) is 97.3 Å². The Labute approximate surface area is 155 Å². The van der Waals surface area contributed by atoms with Crippen LogP contribution in [0.4, 0.5) is 0 Å². The van der Waals surface area contributed by atoms with Crippen molar-refractivity contribution in [3.8, 4) is 0 Å². The summed E-state index contributed by atoms with van der Waals surface area (Å²) in [5.41, 5.74) is 11.5. The zero-order chi connectivity index (χ0) is 18.9. The van der Waals surface area contributed by atoms with E-state index in [4.69, 9.17) is 11.5 Å². The smallest absolute Gasteiger partial charge is 0.320 e. The maximum atomic E-state index is 11.7. The Bertz CT molecular complexity index is 311. The summed E-state index contributed by atoms with van der Waals surface area (Å²) in [6, 6.07) is -0.448. The lowest BCUT2D eigenvalue weighted by Crippen LogP contribution is -2.50. The number of carbonyl (C=O) groups is 1. The Morgan fingerprint density at radius 3 is 1.80 bits per heavy atom. The summed E-state index contributed by atoms with van der Waals surface area (Å²) >= 11 is 0. The van der Waals surface area contributed by atoms with E-state index in [9.17, 15) is 9.90 Å². The number of carboxylic acid groups (broad SMARTS) is 1. The average molecular weight is 358 g/mol. The van der Waals surface area contributed by atoms with Crippen LogP contribution in [0.25, 0.3) is 0 Å². The van der Waals surface area contributed by atoms with E-state index in [1.165, 1.54) is 51.4 Å². The van der Waals surface area contributed by atoms with Crippen molar-refractivity contribution in [3.63, 3.8) is 0 Å². The molecule has 0 aromatic heterocycles. The second-order valence-corrected chi connectivity index (χ2v) is 7.34. The van der Waals surface area contributed by atoms with E-state index in [2.05, 4.69) is 13.8 Å². The zero-order valence-corrected chi connectivity index (χ0v) is 16.7. The Morgan fingerprint density at radius 2 is 1.32 bits per heavy atom. The molecule has 0 fully saturated rings. The van der Waals surface area contributed by atoms with Crippen LogP contribution in [-0.2, 0) is 4.79 Å². The fourth-order valence-corrected chi connectivity index (χ4v) is 3.32. The lowest BCUT2D eigenvalue weighted by molar-refractivity contribution is -0.143. The zero-order valence-electron chi connectivity index (χ0n) is 16.7. The van der Waals surface area contributed by atoms with Crippen LogP contribution in [0.15, 0.2) is 0 Å². The van der Waals surface area contributed by atoms with Gasteiger partial charge in [-0.2, -0.15) is 0 Å². The number of rotatable bonds is 18. The number of unbranched alkanes of at least 4 members (excludes halogenated alkanes) is 10. The minimum Gasteiger partial charge on any atom is -0.480 e. The summed E-state index contributed by atoms with van der Waals surface area (Å²) in [7, 11) is 0. The van der Waals surface area contributed by atoms with Crippen molar-refractivity contribution < 1.29 is 9.90 Å². The van der Waals surface area contributed by atoms with Gasteiger partial charge in [0.05, 0.1) is 6.17 Å². The van der Waals surface area contributed by atoms with Crippen LogP contribution < -0.4 is 11.5 Å². The van der Waals surface area contributed by atoms with Gasteiger partial charge >= 0.3 is 5.97 Å². The third-order valence-electron chi connectivity index (χ3n) is 4.80. The van der Waals surface area contributed by atoms with Crippen LogP contribution in [0.2, 0.25) is 0 Å². The van der Waals surface area contributed by atoms with Crippen LogP contribution in [0.5, 0.6) is 0 Å². The largest absolute Gasteiger partial charge is 0.480 e. The van der Waals surface area contributed by atoms with Crippen LogP contribution in [0.3, 0.4) is 0 Å². The first-order chi connectivity index (χ1) is 12.0. The summed E-state index contributed by atoms with van der Waals surface area (Å²) in [6.45, 7) is 5.66. The Balaban J connectivity index is 4.30. The Kier molecular flexibility index (Phi) is 16.4. The molecule has 5 nitrogen and oxygen atoms in total. The number of nitrogens with zero attached hydrogens (tertiary/aromatic N) is 1. The summed E-state index contributed by atoms with van der Waals surface area (Å²) in [4.78, 5) is 13.7. The molecule has 0 rings (SSSR count). The van der Waals surface area contributed by atoms with Gasteiger partial charge in [-0.05, 0) is 19.4 Å². The fourth-order valence-electron chi connectivity index (χ4n) is 3.32. The quantitative estimate of drug-likeness (QED) is 0.254. The highest BCUT2D eigenvalue weighted by Gasteiger charge is 2.25. The van der Waals surface area contributed by atoms with Gasteiger partial charge in [0.15, 0.2) is 0 Å². The van der Waals surface area contributed by atoms with Crippen molar-refractivity contribution in [1.82, 2.24) is 4.90 Å². The van der Waals surface area contributed by atoms with Gasteiger partial charge in [-0.25, -0.2) is 0 Å². The number of hydrogen-bond acceptors (Lipinski definition) is 4. The SMILES string of the molecule is CCCCCCCCC(C(=O)O)N(CCCCCCCC)CC(N)N. The predicted octanol–water partition coefficient (Wildman–Crippen LogP) is 4.10. The van der Waals surface area contributed by atoms with Crippen LogP contribution >= 0.6 is 0 Å². The molecule has 0 aromatic rings. The van der Waals surface area contributed by atoms with Gasteiger partial charge < -0.3 is 16.6 Å². The predicted molar refractivity (Wildman–Crippen MR) is 107 cm³/mol. The van der Waals surface area contributed by atoms with Crippen molar-refractivity contribution in [1.29, 1.82) is 0 Å². The molecular formula is C20H43N3O2. The van der Waals surface area contributed by atoms with E-state index in [1.54, 1.807) is 0 Å². The third-order valence-corrected chi connectivity index (χ3v) is 4.80. The highest BCUT2D eigenvalue weighted by Crippen LogP contribution is 2.15. The van der Waals surface area contributed by atoms with Crippen LogP contribution in [0, 0.1) is 0 Å². The highest BCUT2D eigenvalue weighted by atomic mass is 16.4. The first kappa shape index (κ1) is 24.4. The molecule has 25 heavy (non-hydrogen) atoms. The molecule has 0 aliphatic rings. The standard InChI is InChI=1S/C20H43N3O2/c1-3-5-7-9-11-13-15-18(20(24)25)23(17-19(21)22)16-14-12-10-8-6-4-2/h18-19H,3-17,21-22H2,1-2H3,(H,24,25). The first-order valence-corrected chi connectivity index (χ1v) is 10.5. The van der Waals surface area contributed by atoms with E-state index in [-0.39, 0.29) is 0 Å². The number of carboxylic acids is 1. The molecular weight excluding hydrogens is 314 g/mol. The van der Waals surface area contributed by atoms with Crippen LogP contribution in [-0.4, -0.2) is 41.3 Å². The molecule has 0 saturated carbocycles. The lowest BCUT2D eigenvalue weighted by Gasteiger charge is -2.30. The summed E-state index contributed by atoms with van der Waals surface area (Å²) in [5, 5.41) is 9.65. The minimum absolute atomic E-state index is 0.448. The molecule has 0 saturated heterocycles. The molecule has 0 bridgehead atoms. The third kappa shape index (κ3) is 14.2. The normalized spacial score (nSPS) is 12.9. The van der Waals surface area contributed by atoms with Gasteiger partial charge in [0.2, 0.25) is 0 Å². The molecule has 5 heteroatoms. The molecule has 0 spiro atoms. The molecule has 1 atom stereocenters. The molecule has 5 N–H and O–H groups in total. The van der Waals surface area contributed by atoms with Gasteiger partial charge in [0, 0.05) is 6.54 Å². The first-order valence-electron chi connectivity index (χ1n) is 10.5. The fraction of sp³-hybridized carbons (Fsp3) is 0.950. The maximum Gasteiger partial charge on any atom is 0.320 e. The second kappa shape index (κ2) is 16.8. The van der Waals surface area contributed by atoms with E-state index in [1.807, 2.05) is 4.90 Å².